The Morgan fingerprint density at radius 3 is 1.52 bits per heavy atom. The second kappa shape index (κ2) is 26.7. The van der Waals surface area contributed by atoms with Crippen LogP contribution in [0.2, 0.25) is 0 Å². The number of rotatable bonds is 31. The summed E-state index contributed by atoms with van der Waals surface area (Å²) in [6.45, 7) is 6.97. The molecule has 6 N–H and O–H groups in total. The van der Waals surface area contributed by atoms with Crippen molar-refractivity contribution in [2.75, 3.05) is 26.2 Å². The van der Waals surface area contributed by atoms with Gasteiger partial charge in [0.05, 0.1) is 12.2 Å². The lowest BCUT2D eigenvalue weighted by molar-refractivity contribution is 0.117. The van der Waals surface area contributed by atoms with Gasteiger partial charge >= 0.3 is 15.6 Å². The quantitative estimate of drug-likeness (QED) is 0.0355. The summed E-state index contributed by atoms with van der Waals surface area (Å²) < 4.78 is 32.1. The van der Waals surface area contributed by atoms with Crippen LogP contribution in [0.1, 0.15) is 142 Å². The summed E-state index contributed by atoms with van der Waals surface area (Å²) >= 11 is 0. The maximum absolute atomic E-state index is 12.0. The fraction of sp³-hybridized carbons (Fsp3) is 1.00. The summed E-state index contributed by atoms with van der Waals surface area (Å²) in [6.07, 6.45) is 21.0. The molecule has 0 fully saturated rings. The first-order valence-electron chi connectivity index (χ1n) is 16.0. The second-order valence-electron chi connectivity index (χ2n) is 11.1. The number of aliphatic hydroxyl groups excluding tert-OH is 1. The van der Waals surface area contributed by atoms with Crippen molar-refractivity contribution in [3.63, 3.8) is 0 Å². The van der Waals surface area contributed by atoms with Crippen molar-refractivity contribution in [1.82, 2.24) is 10.6 Å². The van der Waals surface area contributed by atoms with Gasteiger partial charge in [-0.1, -0.05) is 117 Å². The number of aliphatic hydroxyl groups is 1. The van der Waals surface area contributed by atoms with Crippen LogP contribution in [0.5, 0.6) is 0 Å². The van der Waals surface area contributed by atoms with Crippen LogP contribution in [-0.4, -0.2) is 58.2 Å². The van der Waals surface area contributed by atoms with Crippen LogP contribution in [0, 0.1) is 0 Å². The molecule has 3 unspecified atom stereocenters. The largest absolute Gasteiger partial charge is 0.481 e. The van der Waals surface area contributed by atoms with Gasteiger partial charge in [-0.25, -0.2) is 9.13 Å². The molecule has 0 aliphatic heterocycles. The molecule has 0 saturated heterocycles. The molecule has 0 radical (unpaired) electrons. The highest BCUT2D eigenvalue weighted by atomic mass is 31.3. The number of phosphoric ester groups is 1. The summed E-state index contributed by atoms with van der Waals surface area (Å²) in [5, 5.41) is 16.7. The number of unbranched alkanes of at least 4 members (excludes halogenated alkanes) is 15. The predicted octanol–water partition coefficient (Wildman–Crippen LogP) is 6.96. The molecule has 0 rings (SSSR count). The number of hydrogen-bond donors (Lipinski definition) is 6. The Morgan fingerprint density at radius 2 is 1.02 bits per heavy atom. The number of hydrogen-bond acceptors (Lipinski definition) is 7. The van der Waals surface area contributed by atoms with Crippen molar-refractivity contribution < 1.29 is 37.8 Å². The van der Waals surface area contributed by atoms with E-state index in [0.29, 0.717) is 19.5 Å². The van der Waals surface area contributed by atoms with Gasteiger partial charge in [-0.3, -0.25) is 4.52 Å². The van der Waals surface area contributed by atoms with E-state index in [-0.39, 0.29) is 6.10 Å². The Hall–Kier alpha value is 0.140. The van der Waals surface area contributed by atoms with Crippen molar-refractivity contribution in [3.8, 4) is 0 Å². The van der Waals surface area contributed by atoms with Crippen molar-refractivity contribution in [1.29, 1.82) is 0 Å². The molecule has 0 aromatic heterocycles. The fourth-order valence-electron chi connectivity index (χ4n) is 4.69. The van der Waals surface area contributed by atoms with E-state index in [2.05, 4.69) is 28.8 Å². The van der Waals surface area contributed by atoms with E-state index >= 15 is 0 Å². The molecule has 0 saturated carbocycles. The summed E-state index contributed by atoms with van der Waals surface area (Å²) in [6, 6.07) is 0. The SMILES string of the molecule is CCCCCCCCCC(O)CNCCCCCCNCC(CCCCCCCCC)OP(=O)(O)OP(=O)(O)O. The average molecular weight is 617 g/mol. The zero-order valence-corrected chi connectivity index (χ0v) is 27.2. The molecule has 0 aliphatic rings. The average Bonchev–Trinajstić information content (AvgIpc) is 2.86. The van der Waals surface area contributed by atoms with Crippen molar-refractivity contribution >= 4 is 15.6 Å². The minimum Gasteiger partial charge on any atom is -0.392 e. The first-order valence-corrected chi connectivity index (χ1v) is 19.0. The third-order valence-corrected chi connectivity index (χ3v) is 9.21. The van der Waals surface area contributed by atoms with Gasteiger partial charge in [0.25, 0.3) is 0 Å². The minimum atomic E-state index is -5.14. The lowest BCUT2D eigenvalue weighted by Gasteiger charge is -2.21. The molecule has 40 heavy (non-hydrogen) atoms. The molecule has 0 heterocycles. The van der Waals surface area contributed by atoms with Crippen LogP contribution in [-0.2, 0) is 18.0 Å². The van der Waals surface area contributed by atoms with Crippen molar-refractivity contribution in [2.45, 2.75) is 154 Å². The third kappa shape index (κ3) is 29.6. The Bertz CT molecular complexity index is 654. The summed E-state index contributed by atoms with van der Waals surface area (Å²) in [5.74, 6) is 0. The normalized spacial score (nSPS) is 15.2. The number of nitrogens with one attached hydrogen (secondary N) is 2. The number of phosphoric acid groups is 2. The van der Waals surface area contributed by atoms with Gasteiger partial charge in [-0.15, -0.1) is 0 Å². The zero-order chi connectivity index (χ0) is 30.0. The van der Waals surface area contributed by atoms with Crippen LogP contribution in [0.25, 0.3) is 0 Å². The highest BCUT2D eigenvalue weighted by Gasteiger charge is 2.34. The molecule has 10 nitrogen and oxygen atoms in total. The van der Waals surface area contributed by atoms with E-state index in [9.17, 15) is 19.1 Å². The molecule has 0 amide bonds. The lowest BCUT2D eigenvalue weighted by Crippen LogP contribution is -2.29. The van der Waals surface area contributed by atoms with E-state index in [4.69, 9.17) is 14.3 Å². The van der Waals surface area contributed by atoms with Crippen LogP contribution < -0.4 is 10.6 Å². The molecular formula is C28H62N2O8P2. The van der Waals surface area contributed by atoms with Gasteiger partial charge < -0.3 is 30.4 Å². The molecule has 0 aromatic rings. The monoisotopic (exact) mass is 616 g/mol. The van der Waals surface area contributed by atoms with Crippen LogP contribution >= 0.6 is 15.6 Å². The van der Waals surface area contributed by atoms with E-state index < -0.39 is 21.7 Å². The van der Waals surface area contributed by atoms with E-state index in [1.165, 1.54) is 57.8 Å². The summed E-state index contributed by atoms with van der Waals surface area (Å²) in [4.78, 5) is 27.5. The van der Waals surface area contributed by atoms with Crippen LogP contribution in [0.3, 0.4) is 0 Å². The summed E-state index contributed by atoms with van der Waals surface area (Å²) in [5.41, 5.74) is 0. The predicted molar refractivity (Wildman–Crippen MR) is 163 cm³/mol. The van der Waals surface area contributed by atoms with Gasteiger partial charge in [0.2, 0.25) is 0 Å². The maximum atomic E-state index is 12.0. The minimum absolute atomic E-state index is 0.266. The van der Waals surface area contributed by atoms with Gasteiger partial charge in [0, 0.05) is 13.1 Å². The molecule has 0 aromatic carbocycles. The Kier molecular flexibility index (Phi) is 26.8. The first-order chi connectivity index (χ1) is 19.1. The van der Waals surface area contributed by atoms with Gasteiger partial charge in [-0.2, -0.15) is 4.31 Å². The second-order valence-corrected chi connectivity index (χ2v) is 13.8. The fourth-order valence-corrected chi connectivity index (χ4v) is 6.47. The van der Waals surface area contributed by atoms with Crippen molar-refractivity contribution in [3.05, 3.63) is 0 Å². The van der Waals surface area contributed by atoms with E-state index in [0.717, 1.165) is 77.3 Å². The maximum Gasteiger partial charge on any atom is 0.481 e. The molecular weight excluding hydrogens is 554 g/mol. The Morgan fingerprint density at radius 1 is 0.600 bits per heavy atom. The standard InChI is InChI=1S/C28H62N2O8P2/c1-3-5-7-9-11-13-17-21-27(31)25-29-23-19-15-16-20-24-30-26-28(22-18-14-12-10-8-6-4-2)37-40(35,36)38-39(32,33)34/h27-31H,3-26H2,1-2H3,(H,35,36)(H2,32,33,34). The van der Waals surface area contributed by atoms with Gasteiger partial charge in [0.15, 0.2) is 0 Å². The summed E-state index contributed by atoms with van der Waals surface area (Å²) in [7, 11) is -10.0. The van der Waals surface area contributed by atoms with E-state index in [1.807, 2.05) is 0 Å². The first kappa shape index (κ1) is 40.1. The smallest absolute Gasteiger partial charge is 0.392 e. The zero-order valence-electron chi connectivity index (χ0n) is 25.4. The topological polar surface area (TPSA) is 158 Å². The van der Waals surface area contributed by atoms with Crippen molar-refractivity contribution in [2.24, 2.45) is 0 Å². The molecule has 3 atom stereocenters. The lowest BCUT2D eigenvalue weighted by atomic mass is 10.1. The highest BCUT2D eigenvalue weighted by molar-refractivity contribution is 7.60. The molecule has 12 heteroatoms. The molecule has 242 valence electrons. The Labute approximate surface area is 244 Å². The van der Waals surface area contributed by atoms with Gasteiger partial charge in [-0.05, 0) is 38.8 Å². The molecule has 0 spiro atoms. The third-order valence-electron chi connectivity index (χ3n) is 6.97. The van der Waals surface area contributed by atoms with E-state index in [1.54, 1.807) is 0 Å². The highest BCUT2D eigenvalue weighted by Crippen LogP contribution is 2.58. The Balaban J connectivity index is 3.97. The van der Waals surface area contributed by atoms with Crippen LogP contribution in [0.4, 0.5) is 0 Å². The molecule has 0 aliphatic carbocycles. The van der Waals surface area contributed by atoms with Gasteiger partial charge in [0.1, 0.15) is 0 Å². The van der Waals surface area contributed by atoms with Crippen LogP contribution in [0.15, 0.2) is 0 Å². The molecule has 0 bridgehead atoms.